The van der Waals surface area contributed by atoms with Crippen LogP contribution in [-0.2, 0) is 0 Å². The van der Waals surface area contributed by atoms with Gasteiger partial charge in [-0.1, -0.05) is 152 Å². The first-order valence-electron chi connectivity index (χ1n) is 13.8. The average Bonchev–Trinajstić information content (AvgIpc) is 3.31. The molecule has 0 aliphatic carbocycles. The summed E-state index contributed by atoms with van der Waals surface area (Å²) in [6, 6.07) is 50.2. The van der Waals surface area contributed by atoms with E-state index in [1.54, 1.807) is 12.1 Å². The molecule has 198 valence electrons. The molecule has 5 aromatic rings. The molecule has 0 radical (unpaired) electrons. The molecule has 0 unspecified atom stereocenters. The van der Waals surface area contributed by atoms with Crippen molar-refractivity contribution in [3.8, 4) is 0 Å². The fraction of sp³-hybridized carbons (Fsp3) is 0.0263. The zero-order valence-corrected chi connectivity index (χ0v) is 23.9. The molecule has 0 saturated heterocycles. The lowest BCUT2D eigenvalue weighted by molar-refractivity contribution is 0.0697. The number of aromatic carboxylic acids is 1. The average molecular weight is 547 g/mol. The Bertz CT molecular complexity index is 1670. The summed E-state index contributed by atoms with van der Waals surface area (Å²) in [4.78, 5) is 11.4. The number of allylic oxidation sites excluding steroid dienone is 2. The van der Waals surface area contributed by atoms with Gasteiger partial charge in [0.2, 0.25) is 0 Å². The summed E-state index contributed by atoms with van der Waals surface area (Å²) < 4.78 is 0. The molecule has 0 fully saturated rings. The van der Waals surface area contributed by atoms with Crippen LogP contribution in [0.3, 0.4) is 0 Å². The lowest BCUT2D eigenvalue weighted by atomic mass is 9.89. The zero-order valence-electron chi connectivity index (χ0n) is 22.9. The largest absolute Gasteiger partial charge is 0.478 e. The highest BCUT2D eigenvalue weighted by atomic mass is 28.3. The van der Waals surface area contributed by atoms with Gasteiger partial charge in [-0.25, -0.2) is 4.79 Å². The number of carboxylic acids is 1. The van der Waals surface area contributed by atoms with Crippen molar-refractivity contribution in [3.63, 3.8) is 0 Å². The summed E-state index contributed by atoms with van der Waals surface area (Å²) in [6.45, 7) is 2.44. The normalized spacial score (nSPS) is 14.6. The van der Waals surface area contributed by atoms with Crippen molar-refractivity contribution in [1.82, 2.24) is 0 Å². The SMILES string of the molecule is C[Si]1(/C=C\c2ccc(C(=O)O)cc2)C(c2ccccc2)=C(c2ccccc2)C(c2ccccc2)=C1c1ccccc1. The molecule has 1 aliphatic heterocycles. The maximum atomic E-state index is 11.4. The number of hydrogen-bond donors (Lipinski definition) is 1. The van der Waals surface area contributed by atoms with E-state index in [2.05, 4.69) is 140 Å². The fourth-order valence-electron chi connectivity index (χ4n) is 5.95. The van der Waals surface area contributed by atoms with Crippen molar-refractivity contribution in [2.24, 2.45) is 0 Å². The summed E-state index contributed by atoms with van der Waals surface area (Å²) in [5, 5.41) is 12.1. The minimum Gasteiger partial charge on any atom is -0.478 e. The minimum atomic E-state index is -2.57. The highest BCUT2D eigenvalue weighted by Gasteiger charge is 2.45. The first-order chi connectivity index (χ1) is 20.1. The van der Waals surface area contributed by atoms with Crippen LogP contribution in [0.25, 0.3) is 27.6 Å². The number of carbonyl (C=O) groups is 1. The molecule has 41 heavy (non-hydrogen) atoms. The molecular weight excluding hydrogens is 517 g/mol. The number of benzene rings is 5. The predicted octanol–water partition coefficient (Wildman–Crippen LogP) is 9.33. The molecular formula is C38H30O2Si. The Kier molecular flexibility index (Phi) is 7.20. The van der Waals surface area contributed by atoms with Crippen LogP contribution in [0.1, 0.15) is 38.2 Å². The van der Waals surface area contributed by atoms with Crippen molar-refractivity contribution in [1.29, 1.82) is 0 Å². The number of carboxylic acid groups (broad SMARTS) is 1. The van der Waals surface area contributed by atoms with Gasteiger partial charge >= 0.3 is 5.97 Å². The molecule has 2 nitrogen and oxygen atoms in total. The maximum Gasteiger partial charge on any atom is 0.335 e. The highest BCUT2D eigenvalue weighted by Crippen LogP contribution is 2.56. The van der Waals surface area contributed by atoms with E-state index in [-0.39, 0.29) is 0 Å². The minimum absolute atomic E-state index is 0.291. The van der Waals surface area contributed by atoms with E-state index in [9.17, 15) is 9.90 Å². The van der Waals surface area contributed by atoms with Crippen LogP contribution >= 0.6 is 0 Å². The lowest BCUT2D eigenvalue weighted by Crippen LogP contribution is -2.31. The van der Waals surface area contributed by atoms with E-state index in [0.717, 1.165) is 5.56 Å². The van der Waals surface area contributed by atoms with Crippen LogP contribution in [0.4, 0.5) is 0 Å². The van der Waals surface area contributed by atoms with E-state index in [4.69, 9.17) is 0 Å². The Morgan fingerprint density at radius 3 is 1.27 bits per heavy atom. The third-order valence-electron chi connectivity index (χ3n) is 7.81. The van der Waals surface area contributed by atoms with Gasteiger partial charge < -0.3 is 5.11 Å². The van der Waals surface area contributed by atoms with Gasteiger partial charge in [-0.05, 0) is 61.5 Å². The highest BCUT2D eigenvalue weighted by molar-refractivity contribution is 7.17. The van der Waals surface area contributed by atoms with Gasteiger partial charge in [-0.15, -0.1) is 0 Å². The van der Waals surface area contributed by atoms with Gasteiger partial charge in [0.15, 0.2) is 0 Å². The quantitative estimate of drug-likeness (QED) is 0.207. The maximum absolute atomic E-state index is 11.4. The van der Waals surface area contributed by atoms with Gasteiger partial charge in [0.1, 0.15) is 8.07 Å². The van der Waals surface area contributed by atoms with Crippen molar-refractivity contribution in [3.05, 3.63) is 185 Å². The van der Waals surface area contributed by atoms with Crippen LogP contribution in [0.5, 0.6) is 0 Å². The van der Waals surface area contributed by atoms with E-state index in [0.29, 0.717) is 5.56 Å². The summed E-state index contributed by atoms with van der Waals surface area (Å²) in [6.07, 6.45) is 2.18. The number of hydrogen-bond acceptors (Lipinski definition) is 1. The Morgan fingerprint density at radius 2 is 0.902 bits per heavy atom. The zero-order chi connectivity index (χ0) is 28.2. The van der Waals surface area contributed by atoms with Crippen LogP contribution in [0.2, 0.25) is 6.55 Å². The first-order valence-corrected chi connectivity index (χ1v) is 16.4. The second-order valence-corrected chi connectivity index (χ2v) is 14.2. The monoisotopic (exact) mass is 546 g/mol. The van der Waals surface area contributed by atoms with Crippen LogP contribution in [0.15, 0.2) is 151 Å². The van der Waals surface area contributed by atoms with Crippen molar-refractivity contribution in [2.45, 2.75) is 6.55 Å². The van der Waals surface area contributed by atoms with Crippen molar-refractivity contribution >= 4 is 41.7 Å². The van der Waals surface area contributed by atoms with Gasteiger partial charge in [0.05, 0.1) is 5.56 Å². The van der Waals surface area contributed by atoms with Gasteiger partial charge in [-0.2, -0.15) is 0 Å². The van der Waals surface area contributed by atoms with Gasteiger partial charge in [0, 0.05) is 0 Å². The third kappa shape index (κ3) is 5.04. The van der Waals surface area contributed by atoms with E-state index in [1.807, 2.05) is 12.1 Å². The number of rotatable bonds is 7. The first kappa shape index (κ1) is 26.2. The van der Waals surface area contributed by atoms with Gasteiger partial charge in [0.25, 0.3) is 0 Å². The Hall–Kier alpha value is -4.99. The molecule has 0 amide bonds. The Morgan fingerprint density at radius 1 is 0.537 bits per heavy atom. The van der Waals surface area contributed by atoms with Crippen LogP contribution < -0.4 is 0 Å². The standard InChI is InChI=1S/C38H30O2Si/c1-41(27-26-28-22-24-33(25-23-28)38(39)40)36(31-18-10-4-11-19-31)34(29-14-6-2-7-15-29)35(30-16-8-3-9-17-30)37(41)32-20-12-5-13-21-32/h2-27H,1H3,(H,39,40)/b27-26-. The molecule has 0 saturated carbocycles. The van der Waals surface area contributed by atoms with E-state index >= 15 is 0 Å². The van der Waals surface area contributed by atoms with E-state index < -0.39 is 14.0 Å². The second-order valence-electron chi connectivity index (χ2n) is 10.4. The van der Waals surface area contributed by atoms with E-state index in [1.165, 1.54) is 43.8 Å². The molecule has 1 aliphatic rings. The molecule has 1 N–H and O–H groups in total. The molecule has 0 spiro atoms. The molecule has 3 heteroatoms. The summed E-state index contributed by atoms with van der Waals surface area (Å²) in [7, 11) is -2.57. The summed E-state index contributed by atoms with van der Waals surface area (Å²) in [5.41, 5.74) is 11.1. The predicted molar refractivity (Wildman–Crippen MR) is 173 cm³/mol. The molecule has 5 aromatic carbocycles. The van der Waals surface area contributed by atoms with Gasteiger partial charge in [-0.3, -0.25) is 0 Å². The molecule has 0 atom stereocenters. The van der Waals surface area contributed by atoms with Crippen LogP contribution in [-0.4, -0.2) is 19.1 Å². The topological polar surface area (TPSA) is 37.3 Å². The molecule has 0 bridgehead atoms. The third-order valence-corrected chi connectivity index (χ3v) is 11.8. The van der Waals surface area contributed by atoms with Crippen molar-refractivity contribution in [2.75, 3.05) is 0 Å². The molecule has 6 rings (SSSR count). The fourth-order valence-corrected chi connectivity index (χ4v) is 10.2. The summed E-state index contributed by atoms with van der Waals surface area (Å²) >= 11 is 0. The molecule has 1 heterocycles. The molecule has 0 aromatic heterocycles. The lowest BCUT2D eigenvalue weighted by Gasteiger charge is -2.28. The van der Waals surface area contributed by atoms with Crippen LogP contribution in [0, 0.1) is 0 Å². The van der Waals surface area contributed by atoms with Crippen molar-refractivity contribution < 1.29 is 9.90 Å². The smallest absolute Gasteiger partial charge is 0.335 e. The second kappa shape index (κ2) is 11.2. The summed E-state index contributed by atoms with van der Waals surface area (Å²) in [5.74, 6) is -0.916. The Balaban J connectivity index is 1.69. The Labute approximate surface area is 242 Å².